The highest BCUT2D eigenvalue weighted by molar-refractivity contribution is 9.10. The van der Waals surface area contributed by atoms with Gasteiger partial charge in [-0.3, -0.25) is 4.79 Å². The van der Waals surface area contributed by atoms with E-state index in [1.807, 2.05) is 19.1 Å². The lowest BCUT2D eigenvalue weighted by Gasteiger charge is -2.46. The number of benzene rings is 3. The SMILES string of the molecule is Cc1ccc(S(=O)(=O)N2C(=O)c3c(Br)c4ccccc4n3C[C@@]2(CBr)c2ccc(C(F)(F)F)cc2)cc1. The van der Waals surface area contributed by atoms with Crippen molar-refractivity contribution in [3.63, 3.8) is 0 Å². The number of fused-ring (bicyclic) bond motifs is 3. The van der Waals surface area contributed by atoms with Crippen LogP contribution in [0.3, 0.4) is 0 Å². The molecule has 11 heteroatoms. The summed E-state index contributed by atoms with van der Waals surface area (Å²) in [6.45, 7) is 1.80. The molecule has 1 atom stereocenters. The van der Waals surface area contributed by atoms with Crippen molar-refractivity contribution in [3.8, 4) is 0 Å². The van der Waals surface area contributed by atoms with Crippen LogP contribution < -0.4 is 0 Å². The fourth-order valence-corrected chi connectivity index (χ4v) is 8.08. The Bertz CT molecular complexity index is 1630. The van der Waals surface area contributed by atoms with Crippen LogP contribution in [0.1, 0.15) is 27.2 Å². The molecule has 0 saturated carbocycles. The maximum absolute atomic E-state index is 14.2. The van der Waals surface area contributed by atoms with E-state index in [4.69, 9.17) is 0 Å². The quantitative estimate of drug-likeness (QED) is 0.226. The summed E-state index contributed by atoms with van der Waals surface area (Å²) < 4.78 is 71.1. The summed E-state index contributed by atoms with van der Waals surface area (Å²) in [5, 5.41) is 0.669. The molecule has 3 aromatic carbocycles. The topological polar surface area (TPSA) is 59.4 Å². The highest BCUT2D eigenvalue weighted by Crippen LogP contribution is 2.46. The third kappa shape index (κ3) is 4.02. The van der Waals surface area contributed by atoms with E-state index >= 15 is 0 Å². The lowest BCUT2D eigenvalue weighted by molar-refractivity contribution is -0.137. The van der Waals surface area contributed by atoms with Crippen LogP contribution >= 0.6 is 31.9 Å². The van der Waals surface area contributed by atoms with Gasteiger partial charge in [0.2, 0.25) is 0 Å². The third-order valence-electron chi connectivity index (χ3n) is 6.63. The first-order chi connectivity index (χ1) is 17.4. The van der Waals surface area contributed by atoms with Crippen molar-refractivity contribution in [2.75, 3.05) is 5.33 Å². The molecular weight excluding hydrogens is 637 g/mol. The van der Waals surface area contributed by atoms with Gasteiger partial charge in [0, 0.05) is 16.2 Å². The van der Waals surface area contributed by atoms with E-state index in [0.717, 1.165) is 27.4 Å². The van der Waals surface area contributed by atoms with Gasteiger partial charge in [0.25, 0.3) is 15.9 Å². The van der Waals surface area contributed by atoms with Gasteiger partial charge < -0.3 is 4.57 Å². The average molecular weight is 656 g/mol. The van der Waals surface area contributed by atoms with Crippen molar-refractivity contribution < 1.29 is 26.4 Å². The standard InChI is InChI=1S/C26H19Br2F3N2O3S/c1-16-6-12-19(13-7-16)37(35,36)33-24(34)23-22(28)20-4-2-3-5-21(20)32(23)15-25(33,14-27)17-8-10-18(11-9-17)26(29,30)31/h2-13H,14-15H2,1H3/t25-/m0/s1. The van der Waals surface area contributed by atoms with Crippen molar-refractivity contribution in [2.45, 2.75) is 30.1 Å². The van der Waals surface area contributed by atoms with Crippen LogP contribution in [0.15, 0.2) is 82.2 Å². The van der Waals surface area contributed by atoms with E-state index in [0.29, 0.717) is 9.99 Å². The summed E-state index contributed by atoms with van der Waals surface area (Å²) >= 11 is 6.91. The van der Waals surface area contributed by atoms with Crippen molar-refractivity contribution in [1.82, 2.24) is 8.87 Å². The minimum atomic E-state index is -4.56. The number of nitrogens with zero attached hydrogens (tertiary/aromatic N) is 2. The van der Waals surface area contributed by atoms with Gasteiger partial charge in [-0.05, 0) is 58.7 Å². The van der Waals surface area contributed by atoms with Gasteiger partial charge in [-0.25, -0.2) is 12.7 Å². The normalized spacial score (nSPS) is 18.3. The second kappa shape index (κ2) is 8.99. The van der Waals surface area contributed by atoms with Crippen LogP contribution in [-0.4, -0.2) is 28.5 Å². The number of carbonyl (C=O) groups excluding carboxylic acids is 1. The highest BCUT2D eigenvalue weighted by atomic mass is 79.9. The van der Waals surface area contributed by atoms with E-state index in [1.165, 1.54) is 24.3 Å². The van der Waals surface area contributed by atoms with Crippen LogP contribution in [0, 0.1) is 6.92 Å². The Labute approximate surface area is 228 Å². The maximum Gasteiger partial charge on any atom is 0.416 e. The molecule has 0 saturated heterocycles. The Morgan fingerprint density at radius 2 is 1.59 bits per heavy atom. The zero-order valence-corrected chi connectivity index (χ0v) is 23.2. The summed E-state index contributed by atoms with van der Waals surface area (Å²) in [4.78, 5) is 14.1. The van der Waals surface area contributed by atoms with Gasteiger partial charge in [0.15, 0.2) is 0 Å². The molecule has 0 bridgehead atoms. The average Bonchev–Trinajstić information content (AvgIpc) is 3.15. The van der Waals surface area contributed by atoms with Crippen LogP contribution in [0.5, 0.6) is 0 Å². The number of hydrogen-bond donors (Lipinski definition) is 0. The summed E-state index contributed by atoms with van der Waals surface area (Å²) in [6, 6.07) is 17.6. The number of sulfonamides is 1. The Balaban J connectivity index is 1.81. The van der Waals surface area contributed by atoms with E-state index in [-0.39, 0.29) is 28.0 Å². The summed E-state index contributed by atoms with van der Waals surface area (Å²) in [7, 11) is -4.43. The number of aryl methyl sites for hydroxylation is 1. The monoisotopic (exact) mass is 654 g/mol. The van der Waals surface area contributed by atoms with Crippen LogP contribution in [-0.2, 0) is 28.3 Å². The van der Waals surface area contributed by atoms with Crippen molar-refractivity contribution in [2.24, 2.45) is 0 Å². The van der Waals surface area contributed by atoms with Gasteiger partial charge in [-0.1, -0.05) is 64.0 Å². The molecule has 0 radical (unpaired) electrons. The first-order valence-corrected chi connectivity index (χ1v) is 14.4. The fourth-order valence-electron chi connectivity index (χ4n) is 4.76. The van der Waals surface area contributed by atoms with E-state index in [1.54, 1.807) is 28.8 Å². The summed E-state index contributed by atoms with van der Waals surface area (Å²) in [6.07, 6.45) is -4.56. The van der Waals surface area contributed by atoms with Gasteiger partial charge >= 0.3 is 6.18 Å². The second-order valence-corrected chi connectivity index (χ2v) is 12.0. The molecule has 37 heavy (non-hydrogen) atoms. The molecule has 0 N–H and O–H groups in total. The fraction of sp³-hybridized carbons (Fsp3) is 0.192. The van der Waals surface area contributed by atoms with Gasteiger partial charge in [-0.15, -0.1) is 0 Å². The first-order valence-electron chi connectivity index (χ1n) is 11.1. The van der Waals surface area contributed by atoms with Crippen LogP contribution in [0.25, 0.3) is 10.9 Å². The highest BCUT2D eigenvalue weighted by Gasteiger charge is 2.53. The number of rotatable bonds is 4. The predicted octanol–water partition coefficient (Wildman–Crippen LogP) is 6.87. The minimum absolute atomic E-state index is 0.0120. The number of hydrogen-bond acceptors (Lipinski definition) is 3. The van der Waals surface area contributed by atoms with Crippen molar-refractivity contribution in [1.29, 1.82) is 0 Å². The van der Waals surface area contributed by atoms with Crippen molar-refractivity contribution >= 4 is 58.7 Å². The lowest BCUT2D eigenvalue weighted by Crippen LogP contribution is -2.59. The molecule has 1 aromatic heterocycles. The number of para-hydroxylation sites is 1. The third-order valence-corrected chi connectivity index (χ3v) is 10.2. The van der Waals surface area contributed by atoms with Crippen molar-refractivity contribution in [3.05, 3.63) is 99.7 Å². The minimum Gasteiger partial charge on any atom is -0.333 e. The molecule has 0 spiro atoms. The number of halogens is 5. The van der Waals surface area contributed by atoms with E-state index in [2.05, 4.69) is 31.9 Å². The smallest absolute Gasteiger partial charge is 0.333 e. The molecular formula is C26H19Br2F3N2O3S. The largest absolute Gasteiger partial charge is 0.416 e. The zero-order valence-electron chi connectivity index (χ0n) is 19.3. The van der Waals surface area contributed by atoms with Gasteiger partial charge in [-0.2, -0.15) is 13.2 Å². The zero-order chi connectivity index (χ0) is 26.8. The molecule has 5 rings (SSSR count). The van der Waals surface area contributed by atoms with Gasteiger partial charge in [0.1, 0.15) is 11.2 Å². The Morgan fingerprint density at radius 1 is 0.973 bits per heavy atom. The molecule has 2 heterocycles. The molecule has 1 aliphatic heterocycles. The molecule has 0 aliphatic carbocycles. The van der Waals surface area contributed by atoms with E-state index < -0.39 is 33.2 Å². The predicted molar refractivity (Wildman–Crippen MR) is 141 cm³/mol. The van der Waals surface area contributed by atoms with E-state index in [9.17, 15) is 26.4 Å². The molecule has 192 valence electrons. The molecule has 5 nitrogen and oxygen atoms in total. The molecule has 1 aliphatic rings. The summed E-state index contributed by atoms with van der Waals surface area (Å²) in [5.74, 6) is -0.783. The number of aromatic nitrogens is 1. The molecule has 4 aromatic rings. The maximum atomic E-state index is 14.2. The molecule has 1 amide bonds. The second-order valence-electron chi connectivity index (χ2n) is 8.89. The number of carbonyl (C=O) groups is 1. The van der Waals surface area contributed by atoms with Crippen LogP contribution in [0.4, 0.5) is 13.2 Å². The Hall–Kier alpha value is -2.63. The van der Waals surface area contributed by atoms with Crippen LogP contribution in [0.2, 0.25) is 0 Å². The molecule has 0 unspecified atom stereocenters. The Morgan fingerprint density at radius 3 is 2.19 bits per heavy atom. The first kappa shape index (κ1) is 26.0. The lowest BCUT2D eigenvalue weighted by atomic mass is 9.89. The number of amides is 1. The summed E-state index contributed by atoms with van der Waals surface area (Å²) in [5.41, 5.74) is -0.491. The molecule has 0 fully saturated rings. The number of alkyl halides is 4. The Kier molecular flexibility index (Phi) is 6.32. The van der Waals surface area contributed by atoms with Gasteiger partial charge in [0.05, 0.1) is 21.5 Å².